The first-order valence-corrected chi connectivity index (χ1v) is 7.56. The van der Waals surface area contributed by atoms with Gasteiger partial charge in [0.15, 0.2) is 5.11 Å². The van der Waals surface area contributed by atoms with Crippen molar-refractivity contribution in [3.8, 4) is 5.75 Å². The maximum Gasteiger partial charge on any atom is 0.185 e. The summed E-state index contributed by atoms with van der Waals surface area (Å²) < 4.78 is 5.18. The fourth-order valence-corrected chi connectivity index (χ4v) is 2.77. The molecule has 20 heavy (non-hydrogen) atoms. The van der Waals surface area contributed by atoms with E-state index in [9.17, 15) is 0 Å². The Morgan fingerprint density at radius 2 is 2.10 bits per heavy atom. The second-order valence-electron chi connectivity index (χ2n) is 5.32. The molecule has 1 aromatic carbocycles. The van der Waals surface area contributed by atoms with Crippen LogP contribution in [-0.4, -0.2) is 18.3 Å². The Hall–Kier alpha value is -1.49. The van der Waals surface area contributed by atoms with Crippen molar-refractivity contribution in [3.05, 3.63) is 24.3 Å². The highest BCUT2D eigenvalue weighted by Gasteiger charge is 2.21. The molecule has 2 atom stereocenters. The summed E-state index contributed by atoms with van der Waals surface area (Å²) in [5.41, 5.74) is 7.04. The van der Waals surface area contributed by atoms with Crippen molar-refractivity contribution in [1.29, 1.82) is 0 Å². The number of hydrazine groups is 1. The topological polar surface area (TPSA) is 45.3 Å². The maximum absolute atomic E-state index is 5.33. The third-order valence-corrected chi connectivity index (χ3v) is 4.04. The first kappa shape index (κ1) is 14.9. The molecule has 0 heterocycles. The molecular formula is C15H23N3OS. The van der Waals surface area contributed by atoms with Gasteiger partial charge >= 0.3 is 0 Å². The number of hydrogen-bond donors (Lipinski definition) is 3. The molecule has 110 valence electrons. The number of rotatable bonds is 4. The van der Waals surface area contributed by atoms with Crippen molar-refractivity contribution in [2.45, 2.75) is 38.6 Å². The Labute approximate surface area is 126 Å². The molecule has 1 saturated carbocycles. The average molecular weight is 293 g/mol. The number of methoxy groups -OCH3 is 1. The number of nitrogens with one attached hydrogen (secondary N) is 3. The molecule has 3 N–H and O–H groups in total. The molecular weight excluding hydrogens is 270 g/mol. The molecule has 0 saturated heterocycles. The van der Waals surface area contributed by atoms with Crippen LogP contribution in [-0.2, 0) is 0 Å². The molecule has 0 bridgehead atoms. The number of benzene rings is 1. The SMILES string of the molecule is COc1cccc(NNC(=S)N[C@H]2CCCC[C@H]2C)c1. The summed E-state index contributed by atoms with van der Waals surface area (Å²) in [6.45, 7) is 2.29. The molecule has 0 radical (unpaired) electrons. The third kappa shape index (κ3) is 4.27. The fourth-order valence-electron chi connectivity index (χ4n) is 2.56. The van der Waals surface area contributed by atoms with E-state index in [1.807, 2.05) is 24.3 Å². The highest BCUT2D eigenvalue weighted by molar-refractivity contribution is 7.80. The van der Waals surface area contributed by atoms with Crippen LogP contribution in [0.2, 0.25) is 0 Å². The summed E-state index contributed by atoms with van der Waals surface area (Å²) in [7, 11) is 1.66. The molecule has 4 nitrogen and oxygen atoms in total. The Bertz CT molecular complexity index is 452. The maximum atomic E-state index is 5.33. The molecule has 0 spiro atoms. The first-order valence-electron chi connectivity index (χ1n) is 7.15. The van der Waals surface area contributed by atoms with Crippen LogP contribution < -0.4 is 20.9 Å². The molecule has 0 amide bonds. The molecule has 1 aliphatic carbocycles. The normalized spacial score (nSPS) is 21.9. The van der Waals surface area contributed by atoms with Gasteiger partial charge in [0, 0.05) is 12.1 Å². The molecule has 0 unspecified atom stereocenters. The molecule has 1 aromatic rings. The van der Waals surface area contributed by atoms with E-state index in [0.717, 1.165) is 11.4 Å². The van der Waals surface area contributed by atoms with Gasteiger partial charge in [-0.3, -0.25) is 10.9 Å². The van der Waals surface area contributed by atoms with Gasteiger partial charge in [0.25, 0.3) is 0 Å². The van der Waals surface area contributed by atoms with Crippen molar-refractivity contribution < 1.29 is 4.74 Å². The molecule has 1 fully saturated rings. The summed E-state index contributed by atoms with van der Waals surface area (Å²) >= 11 is 5.33. The van der Waals surface area contributed by atoms with Gasteiger partial charge < -0.3 is 10.1 Å². The minimum Gasteiger partial charge on any atom is -0.497 e. The van der Waals surface area contributed by atoms with E-state index in [1.54, 1.807) is 7.11 Å². The summed E-state index contributed by atoms with van der Waals surface area (Å²) in [6, 6.07) is 8.20. The second-order valence-corrected chi connectivity index (χ2v) is 5.73. The highest BCUT2D eigenvalue weighted by Crippen LogP contribution is 2.23. The van der Waals surface area contributed by atoms with Crippen molar-refractivity contribution >= 4 is 23.0 Å². The smallest absolute Gasteiger partial charge is 0.185 e. The number of thiocarbonyl (C=S) groups is 1. The molecule has 2 rings (SSSR count). The second kappa shape index (κ2) is 7.33. The van der Waals surface area contributed by atoms with E-state index in [4.69, 9.17) is 17.0 Å². The lowest BCUT2D eigenvalue weighted by Crippen LogP contribution is -2.47. The average Bonchev–Trinajstić information content (AvgIpc) is 2.48. The summed E-state index contributed by atoms with van der Waals surface area (Å²) in [6.07, 6.45) is 5.10. The standard InChI is InChI=1S/C15H23N3OS/c1-11-6-3-4-9-14(11)16-15(20)18-17-12-7-5-8-13(10-12)19-2/h5,7-8,10-11,14,17H,3-4,6,9H2,1-2H3,(H2,16,18,20)/t11-,14+/m1/s1. The van der Waals surface area contributed by atoms with E-state index in [2.05, 4.69) is 23.1 Å². The molecule has 1 aliphatic rings. The van der Waals surface area contributed by atoms with Gasteiger partial charge in [-0.05, 0) is 43.1 Å². The summed E-state index contributed by atoms with van der Waals surface area (Å²) in [5, 5.41) is 4.04. The lowest BCUT2D eigenvalue weighted by molar-refractivity contribution is 0.308. The van der Waals surface area contributed by atoms with Gasteiger partial charge in [0.1, 0.15) is 5.75 Å². The van der Waals surface area contributed by atoms with E-state index in [-0.39, 0.29) is 0 Å². The number of ether oxygens (including phenoxy) is 1. The summed E-state index contributed by atoms with van der Waals surface area (Å²) in [5.74, 6) is 1.50. The van der Waals surface area contributed by atoms with E-state index < -0.39 is 0 Å². The van der Waals surface area contributed by atoms with Crippen LogP contribution in [0.25, 0.3) is 0 Å². The zero-order chi connectivity index (χ0) is 14.4. The minimum atomic E-state index is 0.482. The number of anilines is 1. The molecule has 0 aliphatic heterocycles. The van der Waals surface area contributed by atoms with Gasteiger partial charge in [-0.2, -0.15) is 0 Å². The zero-order valence-electron chi connectivity index (χ0n) is 12.1. The largest absolute Gasteiger partial charge is 0.497 e. The molecule has 0 aromatic heterocycles. The predicted octanol–water partition coefficient (Wildman–Crippen LogP) is 3.06. The van der Waals surface area contributed by atoms with Crippen molar-refractivity contribution in [2.75, 3.05) is 12.5 Å². The van der Waals surface area contributed by atoms with Crippen molar-refractivity contribution in [1.82, 2.24) is 10.7 Å². The predicted molar refractivity (Wildman–Crippen MR) is 86.9 cm³/mol. The quantitative estimate of drug-likeness (QED) is 0.588. The zero-order valence-corrected chi connectivity index (χ0v) is 12.9. The Morgan fingerprint density at radius 3 is 2.85 bits per heavy atom. The van der Waals surface area contributed by atoms with Gasteiger partial charge in [-0.1, -0.05) is 25.8 Å². The fraction of sp³-hybridized carbons (Fsp3) is 0.533. The minimum absolute atomic E-state index is 0.482. The third-order valence-electron chi connectivity index (χ3n) is 3.82. The van der Waals surface area contributed by atoms with Crippen LogP contribution in [0.3, 0.4) is 0 Å². The lowest BCUT2D eigenvalue weighted by Gasteiger charge is -2.30. The van der Waals surface area contributed by atoms with Gasteiger partial charge in [-0.25, -0.2) is 0 Å². The Kier molecular flexibility index (Phi) is 5.47. The summed E-state index contributed by atoms with van der Waals surface area (Å²) in [4.78, 5) is 0. The van der Waals surface area contributed by atoms with E-state index >= 15 is 0 Å². The van der Waals surface area contributed by atoms with Crippen LogP contribution in [0.1, 0.15) is 32.6 Å². The van der Waals surface area contributed by atoms with Crippen LogP contribution in [0.15, 0.2) is 24.3 Å². The van der Waals surface area contributed by atoms with Crippen molar-refractivity contribution in [2.24, 2.45) is 5.92 Å². The highest BCUT2D eigenvalue weighted by atomic mass is 32.1. The Morgan fingerprint density at radius 1 is 1.30 bits per heavy atom. The van der Waals surface area contributed by atoms with Crippen LogP contribution in [0.4, 0.5) is 5.69 Å². The first-order chi connectivity index (χ1) is 9.69. The monoisotopic (exact) mass is 293 g/mol. The number of hydrogen-bond acceptors (Lipinski definition) is 3. The van der Waals surface area contributed by atoms with Gasteiger partial charge in [0.05, 0.1) is 12.8 Å². The van der Waals surface area contributed by atoms with Crippen LogP contribution in [0.5, 0.6) is 5.75 Å². The van der Waals surface area contributed by atoms with Crippen molar-refractivity contribution in [3.63, 3.8) is 0 Å². The van der Waals surface area contributed by atoms with Crippen LogP contribution >= 0.6 is 12.2 Å². The van der Waals surface area contributed by atoms with Gasteiger partial charge in [0.2, 0.25) is 0 Å². The van der Waals surface area contributed by atoms with Gasteiger partial charge in [-0.15, -0.1) is 0 Å². The lowest BCUT2D eigenvalue weighted by atomic mass is 9.86. The molecule has 5 heteroatoms. The Balaban J connectivity index is 1.79. The van der Waals surface area contributed by atoms with E-state index in [1.165, 1.54) is 25.7 Å². The van der Waals surface area contributed by atoms with E-state index in [0.29, 0.717) is 17.1 Å². The van der Waals surface area contributed by atoms with Crippen LogP contribution in [0, 0.1) is 5.92 Å².